The summed E-state index contributed by atoms with van der Waals surface area (Å²) in [5, 5.41) is 8.56. The molecular formula is C25H31N7O3. The summed E-state index contributed by atoms with van der Waals surface area (Å²) >= 11 is 0. The molecule has 3 N–H and O–H groups in total. The summed E-state index contributed by atoms with van der Waals surface area (Å²) in [5.41, 5.74) is 5.74. The second-order valence-electron chi connectivity index (χ2n) is 9.68. The average Bonchev–Trinajstić information content (AvgIpc) is 3.32. The summed E-state index contributed by atoms with van der Waals surface area (Å²) in [6.07, 6.45) is 4.89. The first-order valence-corrected chi connectivity index (χ1v) is 11.7. The van der Waals surface area contributed by atoms with E-state index in [0.29, 0.717) is 31.1 Å². The van der Waals surface area contributed by atoms with E-state index in [1.54, 1.807) is 21.7 Å². The molecule has 2 amide bonds. The number of rotatable bonds is 5. The number of piperidine rings is 1. The molecule has 35 heavy (non-hydrogen) atoms. The van der Waals surface area contributed by atoms with Crippen molar-refractivity contribution in [3.05, 3.63) is 65.6 Å². The second-order valence-corrected chi connectivity index (χ2v) is 9.68. The number of benzene rings is 1. The molecule has 3 aromatic rings. The van der Waals surface area contributed by atoms with Crippen LogP contribution in [0.4, 0.5) is 4.79 Å². The first kappa shape index (κ1) is 24.3. The normalized spacial score (nSPS) is 14.6. The lowest BCUT2D eigenvalue weighted by Gasteiger charge is -2.33. The Labute approximate surface area is 204 Å². The lowest BCUT2D eigenvalue weighted by molar-refractivity contribution is 0.0204. The number of nitrogens with one attached hydrogen (secondary N) is 1. The van der Waals surface area contributed by atoms with Crippen LogP contribution in [0.5, 0.6) is 0 Å². The summed E-state index contributed by atoms with van der Waals surface area (Å²) in [4.78, 5) is 30.0. The lowest BCUT2D eigenvalue weighted by atomic mass is 9.88. The van der Waals surface area contributed by atoms with E-state index >= 15 is 0 Å². The summed E-state index contributed by atoms with van der Waals surface area (Å²) in [6.45, 7) is 7.44. The smallest absolute Gasteiger partial charge is 0.410 e. The number of aromatic nitrogens is 4. The summed E-state index contributed by atoms with van der Waals surface area (Å²) < 4.78 is 7.22. The minimum Gasteiger partial charge on any atom is -0.444 e. The molecule has 2 aromatic heterocycles. The molecule has 10 heteroatoms. The third-order valence-corrected chi connectivity index (χ3v) is 5.88. The van der Waals surface area contributed by atoms with E-state index in [1.165, 1.54) is 11.8 Å². The fourth-order valence-electron chi connectivity index (χ4n) is 4.08. The zero-order chi connectivity index (χ0) is 25.0. The maximum atomic E-state index is 12.3. The van der Waals surface area contributed by atoms with Crippen LogP contribution in [0.2, 0.25) is 0 Å². The van der Waals surface area contributed by atoms with Gasteiger partial charge in [-0.1, -0.05) is 23.4 Å². The van der Waals surface area contributed by atoms with Crippen LogP contribution < -0.4 is 11.3 Å². The van der Waals surface area contributed by atoms with Gasteiger partial charge in [-0.05, 0) is 63.3 Å². The molecule has 0 radical (unpaired) electrons. The molecule has 0 bridgehead atoms. The first-order valence-electron chi connectivity index (χ1n) is 11.7. The number of pyridine rings is 1. The van der Waals surface area contributed by atoms with Crippen molar-refractivity contribution in [1.82, 2.24) is 30.3 Å². The van der Waals surface area contributed by atoms with Crippen molar-refractivity contribution in [2.45, 2.75) is 51.7 Å². The van der Waals surface area contributed by atoms with Crippen molar-refractivity contribution in [2.24, 2.45) is 5.84 Å². The third kappa shape index (κ3) is 6.21. The molecule has 0 saturated carbocycles. The van der Waals surface area contributed by atoms with E-state index in [2.05, 4.69) is 32.9 Å². The Balaban J connectivity index is 1.38. The molecule has 0 unspecified atom stereocenters. The first-order chi connectivity index (χ1) is 16.7. The molecule has 0 spiro atoms. The van der Waals surface area contributed by atoms with Gasteiger partial charge < -0.3 is 9.64 Å². The van der Waals surface area contributed by atoms with E-state index in [4.69, 9.17) is 10.6 Å². The number of nitrogen functional groups attached to an aromatic ring is 1. The predicted octanol–water partition coefficient (Wildman–Crippen LogP) is 3.11. The molecule has 184 valence electrons. The Morgan fingerprint density at radius 3 is 2.60 bits per heavy atom. The molecule has 1 aromatic carbocycles. The number of nitrogens with two attached hydrogens (primary N) is 1. The molecule has 1 fully saturated rings. The van der Waals surface area contributed by atoms with Gasteiger partial charge in [0.25, 0.3) is 5.91 Å². The van der Waals surface area contributed by atoms with E-state index in [-0.39, 0.29) is 12.0 Å². The van der Waals surface area contributed by atoms with Gasteiger partial charge in [0.05, 0.1) is 24.0 Å². The molecule has 1 aliphatic rings. The van der Waals surface area contributed by atoms with Gasteiger partial charge in [-0.2, -0.15) is 0 Å². The number of hydrazine groups is 1. The van der Waals surface area contributed by atoms with Crippen molar-refractivity contribution in [2.75, 3.05) is 13.1 Å². The third-order valence-electron chi connectivity index (χ3n) is 5.88. The zero-order valence-electron chi connectivity index (χ0n) is 20.3. The van der Waals surface area contributed by atoms with Crippen LogP contribution in [0.15, 0.2) is 48.8 Å². The summed E-state index contributed by atoms with van der Waals surface area (Å²) in [6, 6.07) is 11.8. The van der Waals surface area contributed by atoms with Gasteiger partial charge >= 0.3 is 6.09 Å². The van der Waals surface area contributed by atoms with E-state index in [1.807, 2.05) is 39.1 Å². The quantitative estimate of drug-likeness (QED) is 0.328. The number of carbonyl (C=O) groups excluding carboxylic acids is 2. The molecule has 0 aliphatic carbocycles. The highest BCUT2D eigenvalue weighted by atomic mass is 16.6. The van der Waals surface area contributed by atoms with Gasteiger partial charge in [-0.3, -0.25) is 15.2 Å². The van der Waals surface area contributed by atoms with Crippen molar-refractivity contribution < 1.29 is 14.3 Å². The van der Waals surface area contributed by atoms with Crippen LogP contribution in [0, 0.1) is 0 Å². The number of carbonyl (C=O) groups is 2. The van der Waals surface area contributed by atoms with Crippen LogP contribution in [0.25, 0.3) is 11.3 Å². The van der Waals surface area contributed by atoms with Crippen LogP contribution in [0.1, 0.15) is 61.1 Å². The van der Waals surface area contributed by atoms with Crippen LogP contribution in [-0.2, 0) is 11.3 Å². The highest BCUT2D eigenvalue weighted by Crippen LogP contribution is 2.31. The number of ether oxygens (including phenoxy) is 1. The average molecular weight is 478 g/mol. The lowest BCUT2D eigenvalue weighted by Crippen LogP contribution is -2.41. The Kier molecular flexibility index (Phi) is 7.11. The van der Waals surface area contributed by atoms with Gasteiger partial charge in [-0.15, -0.1) is 5.10 Å². The minimum atomic E-state index is -0.486. The fourth-order valence-corrected chi connectivity index (χ4v) is 4.08. The zero-order valence-corrected chi connectivity index (χ0v) is 20.3. The molecule has 1 saturated heterocycles. The van der Waals surface area contributed by atoms with Crippen molar-refractivity contribution in [3.63, 3.8) is 0 Å². The highest BCUT2D eigenvalue weighted by molar-refractivity contribution is 5.93. The highest BCUT2D eigenvalue weighted by Gasteiger charge is 2.27. The summed E-state index contributed by atoms with van der Waals surface area (Å²) in [7, 11) is 0. The molecule has 10 nitrogen and oxygen atoms in total. The fraction of sp³-hybridized carbons (Fsp3) is 0.400. The molecule has 0 atom stereocenters. The Morgan fingerprint density at radius 2 is 1.94 bits per heavy atom. The number of nitrogens with zero attached hydrogens (tertiary/aromatic N) is 5. The second kappa shape index (κ2) is 10.2. The van der Waals surface area contributed by atoms with Gasteiger partial charge in [0, 0.05) is 24.8 Å². The number of hydrogen-bond donors (Lipinski definition) is 2. The van der Waals surface area contributed by atoms with Gasteiger partial charge in [0.2, 0.25) is 0 Å². The van der Waals surface area contributed by atoms with Crippen molar-refractivity contribution in [3.8, 4) is 11.3 Å². The summed E-state index contributed by atoms with van der Waals surface area (Å²) in [5.74, 6) is 5.14. The predicted molar refractivity (Wildman–Crippen MR) is 130 cm³/mol. The monoisotopic (exact) mass is 477 g/mol. The maximum absolute atomic E-state index is 12.3. The van der Waals surface area contributed by atoms with Gasteiger partial charge in [-0.25, -0.2) is 15.3 Å². The van der Waals surface area contributed by atoms with Crippen molar-refractivity contribution in [1.29, 1.82) is 0 Å². The molecular weight excluding hydrogens is 446 g/mol. The van der Waals surface area contributed by atoms with Gasteiger partial charge in [0.15, 0.2) is 0 Å². The standard InChI is InChI=1S/C25H31N7O3/c1-25(2,3)35-24(34)31-11-9-17(10-12-31)18-5-4-6-19(13-18)22-16-32(30-29-22)15-21-8-7-20(14-27-21)23(33)28-26/h4-8,13-14,16-17H,9-12,15,26H2,1-3H3,(H,28,33). The van der Waals surface area contributed by atoms with E-state index < -0.39 is 5.60 Å². The Bertz CT molecular complexity index is 1180. The largest absolute Gasteiger partial charge is 0.444 e. The van der Waals surface area contributed by atoms with E-state index in [0.717, 1.165) is 29.8 Å². The Morgan fingerprint density at radius 1 is 1.17 bits per heavy atom. The molecule has 3 heterocycles. The number of hydrogen-bond acceptors (Lipinski definition) is 7. The van der Waals surface area contributed by atoms with Crippen LogP contribution in [-0.4, -0.2) is 55.6 Å². The van der Waals surface area contributed by atoms with Crippen LogP contribution >= 0.6 is 0 Å². The SMILES string of the molecule is CC(C)(C)OC(=O)N1CCC(c2cccc(-c3cn(Cc4ccc(C(=O)NN)cn4)nn3)c2)CC1. The Hall–Kier alpha value is -3.79. The number of amides is 2. The maximum Gasteiger partial charge on any atom is 0.410 e. The van der Waals surface area contributed by atoms with Crippen LogP contribution in [0.3, 0.4) is 0 Å². The molecule has 1 aliphatic heterocycles. The van der Waals surface area contributed by atoms with Gasteiger partial charge in [0.1, 0.15) is 11.3 Å². The topological polar surface area (TPSA) is 128 Å². The number of likely N-dealkylation sites (tertiary alicyclic amines) is 1. The minimum absolute atomic E-state index is 0.243. The van der Waals surface area contributed by atoms with E-state index in [9.17, 15) is 9.59 Å². The molecule has 4 rings (SSSR count). The van der Waals surface area contributed by atoms with Crippen molar-refractivity contribution >= 4 is 12.0 Å².